The fourth-order valence-corrected chi connectivity index (χ4v) is 1.42. The highest BCUT2D eigenvalue weighted by atomic mass is 16.3. The molecule has 1 rings (SSSR count). The highest BCUT2D eigenvalue weighted by Gasteiger charge is 2.14. The molecule has 0 aliphatic heterocycles. The molecular formula is C13H21NO. The number of para-hydroxylation sites is 1. The lowest BCUT2D eigenvalue weighted by atomic mass is 9.96. The van der Waals surface area contributed by atoms with Crippen LogP contribution in [-0.2, 0) is 0 Å². The molecule has 2 heteroatoms. The summed E-state index contributed by atoms with van der Waals surface area (Å²) in [6.07, 6.45) is 0. The zero-order valence-corrected chi connectivity index (χ0v) is 10.0. The first kappa shape index (κ1) is 12.1. The Balaban J connectivity index is 2.62. The van der Waals surface area contributed by atoms with Crippen molar-refractivity contribution in [3.8, 4) is 5.75 Å². The second-order valence-corrected chi connectivity index (χ2v) is 5.22. The Labute approximate surface area is 92.3 Å². The number of phenolic OH excluding ortho intramolecular Hbond substituents is 1. The molecule has 0 heterocycles. The molecule has 0 saturated carbocycles. The molecule has 2 nitrogen and oxygen atoms in total. The first-order chi connectivity index (χ1) is 6.90. The number of benzene rings is 1. The molecule has 1 atom stereocenters. The Bertz CT molecular complexity index is 315. The Morgan fingerprint density at radius 2 is 1.87 bits per heavy atom. The van der Waals surface area contributed by atoms with Crippen molar-refractivity contribution in [3.05, 3.63) is 29.8 Å². The van der Waals surface area contributed by atoms with Gasteiger partial charge in [-0.25, -0.2) is 0 Å². The fraction of sp³-hybridized carbons (Fsp3) is 0.538. The van der Waals surface area contributed by atoms with Crippen molar-refractivity contribution in [1.29, 1.82) is 0 Å². The third-order valence-corrected chi connectivity index (χ3v) is 2.34. The van der Waals surface area contributed by atoms with Gasteiger partial charge < -0.3 is 10.4 Å². The van der Waals surface area contributed by atoms with Crippen molar-refractivity contribution in [2.24, 2.45) is 5.41 Å². The van der Waals surface area contributed by atoms with E-state index in [1.54, 1.807) is 6.07 Å². The van der Waals surface area contributed by atoms with Gasteiger partial charge in [0.15, 0.2) is 0 Å². The molecule has 84 valence electrons. The lowest BCUT2D eigenvalue weighted by Crippen LogP contribution is -2.29. The SMILES string of the molecule is CC(NCC(C)(C)C)c1ccccc1O. The van der Waals surface area contributed by atoms with E-state index in [1.165, 1.54) is 0 Å². The van der Waals surface area contributed by atoms with E-state index in [1.807, 2.05) is 18.2 Å². The van der Waals surface area contributed by atoms with Crippen LogP contribution in [0.4, 0.5) is 0 Å². The van der Waals surface area contributed by atoms with Crippen LogP contribution in [0.15, 0.2) is 24.3 Å². The average Bonchev–Trinajstić information content (AvgIpc) is 2.14. The van der Waals surface area contributed by atoms with Crippen LogP contribution in [-0.4, -0.2) is 11.7 Å². The van der Waals surface area contributed by atoms with Gasteiger partial charge in [-0.15, -0.1) is 0 Å². The molecular weight excluding hydrogens is 186 g/mol. The quantitative estimate of drug-likeness (QED) is 0.798. The van der Waals surface area contributed by atoms with Gasteiger partial charge in [-0.3, -0.25) is 0 Å². The van der Waals surface area contributed by atoms with Gasteiger partial charge in [-0.1, -0.05) is 39.0 Å². The number of rotatable bonds is 3. The van der Waals surface area contributed by atoms with Crippen LogP contribution in [0.1, 0.15) is 39.3 Å². The summed E-state index contributed by atoms with van der Waals surface area (Å²) in [6.45, 7) is 9.58. The number of hydrogen-bond donors (Lipinski definition) is 2. The van der Waals surface area contributed by atoms with Gasteiger partial charge in [0.05, 0.1) is 0 Å². The first-order valence-electron chi connectivity index (χ1n) is 5.41. The van der Waals surface area contributed by atoms with Crippen molar-refractivity contribution in [1.82, 2.24) is 5.32 Å². The van der Waals surface area contributed by atoms with Gasteiger partial charge in [-0.2, -0.15) is 0 Å². The van der Waals surface area contributed by atoms with E-state index in [4.69, 9.17) is 0 Å². The number of hydrogen-bond acceptors (Lipinski definition) is 2. The summed E-state index contributed by atoms with van der Waals surface area (Å²) in [5, 5.41) is 13.1. The second kappa shape index (κ2) is 4.67. The van der Waals surface area contributed by atoms with E-state index in [-0.39, 0.29) is 11.5 Å². The second-order valence-electron chi connectivity index (χ2n) is 5.22. The molecule has 0 aliphatic carbocycles. The Morgan fingerprint density at radius 3 is 2.40 bits per heavy atom. The number of phenols is 1. The molecule has 0 spiro atoms. The van der Waals surface area contributed by atoms with Gasteiger partial charge in [-0.05, 0) is 18.4 Å². The molecule has 1 aromatic rings. The van der Waals surface area contributed by atoms with Crippen LogP contribution in [0.2, 0.25) is 0 Å². The predicted octanol–water partition coefficient (Wildman–Crippen LogP) is 3.09. The van der Waals surface area contributed by atoms with Crippen LogP contribution in [0.3, 0.4) is 0 Å². The van der Waals surface area contributed by atoms with Crippen molar-refractivity contribution >= 4 is 0 Å². The van der Waals surface area contributed by atoms with Crippen LogP contribution < -0.4 is 5.32 Å². The number of nitrogens with one attached hydrogen (secondary N) is 1. The van der Waals surface area contributed by atoms with Gasteiger partial charge in [0.2, 0.25) is 0 Å². The minimum absolute atomic E-state index is 0.186. The van der Waals surface area contributed by atoms with E-state index in [2.05, 4.69) is 33.0 Å². The summed E-state index contributed by atoms with van der Waals surface area (Å²) in [7, 11) is 0. The Morgan fingerprint density at radius 1 is 1.27 bits per heavy atom. The van der Waals surface area contributed by atoms with E-state index in [0.29, 0.717) is 5.75 Å². The topological polar surface area (TPSA) is 32.3 Å². The smallest absolute Gasteiger partial charge is 0.120 e. The van der Waals surface area contributed by atoms with E-state index < -0.39 is 0 Å². The molecule has 15 heavy (non-hydrogen) atoms. The fourth-order valence-electron chi connectivity index (χ4n) is 1.42. The average molecular weight is 207 g/mol. The zero-order chi connectivity index (χ0) is 11.5. The van der Waals surface area contributed by atoms with Crippen molar-refractivity contribution in [2.45, 2.75) is 33.7 Å². The Kier molecular flexibility index (Phi) is 3.75. The summed E-state index contributed by atoms with van der Waals surface area (Å²) in [4.78, 5) is 0. The molecule has 1 aromatic carbocycles. The maximum absolute atomic E-state index is 9.67. The highest BCUT2D eigenvalue weighted by molar-refractivity contribution is 5.34. The molecule has 0 aliphatic rings. The summed E-state index contributed by atoms with van der Waals surface area (Å²) in [5.74, 6) is 0.367. The van der Waals surface area contributed by atoms with Crippen molar-refractivity contribution < 1.29 is 5.11 Å². The van der Waals surface area contributed by atoms with Crippen molar-refractivity contribution in [2.75, 3.05) is 6.54 Å². The van der Waals surface area contributed by atoms with Crippen LogP contribution in [0.25, 0.3) is 0 Å². The summed E-state index contributed by atoms with van der Waals surface area (Å²) in [6, 6.07) is 7.66. The van der Waals surface area contributed by atoms with E-state index in [9.17, 15) is 5.11 Å². The van der Waals surface area contributed by atoms with Gasteiger partial charge in [0.25, 0.3) is 0 Å². The largest absolute Gasteiger partial charge is 0.508 e. The van der Waals surface area contributed by atoms with Crippen molar-refractivity contribution in [3.63, 3.8) is 0 Å². The van der Waals surface area contributed by atoms with Gasteiger partial charge >= 0.3 is 0 Å². The summed E-state index contributed by atoms with van der Waals surface area (Å²) < 4.78 is 0. The monoisotopic (exact) mass is 207 g/mol. The third-order valence-electron chi connectivity index (χ3n) is 2.34. The highest BCUT2D eigenvalue weighted by Crippen LogP contribution is 2.24. The maximum atomic E-state index is 9.67. The molecule has 0 aromatic heterocycles. The van der Waals surface area contributed by atoms with Gasteiger partial charge in [0.1, 0.15) is 5.75 Å². The van der Waals surface area contributed by atoms with Crippen LogP contribution in [0, 0.1) is 5.41 Å². The normalized spacial score (nSPS) is 13.9. The van der Waals surface area contributed by atoms with Crippen LogP contribution >= 0.6 is 0 Å². The standard InChI is InChI=1S/C13H21NO/c1-10(14-9-13(2,3)4)11-7-5-6-8-12(11)15/h5-8,10,14-15H,9H2,1-4H3. The number of aromatic hydroxyl groups is 1. The Hall–Kier alpha value is -1.02. The minimum atomic E-state index is 0.186. The van der Waals surface area contributed by atoms with E-state index >= 15 is 0 Å². The summed E-state index contributed by atoms with van der Waals surface area (Å²) in [5.41, 5.74) is 1.22. The van der Waals surface area contributed by atoms with Crippen LogP contribution in [0.5, 0.6) is 5.75 Å². The zero-order valence-electron chi connectivity index (χ0n) is 10.0. The molecule has 2 N–H and O–H groups in total. The lowest BCUT2D eigenvalue weighted by molar-refractivity contribution is 0.355. The molecule has 0 radical (unpaired) electrons. The van der Waals surface area contributed by atoms with Gasteiger partial charge in [0, 0.05) is 18.2 Å². The third kappa shape index (κ3) is 3.92. The molecule has 0 fully saturated rings. The molecule has 0 bridgehead atoms. The molecule has 1 unspecified atom stereocenters. The maximum Gasteiger partial charge on any atom is 0.120 e. The predicted molar refractivity (Wildman–Crippen MR) is 64.0 cm³/mol. The first-order valence-corrected chi connectivity index (χ1v) is 5.41. The minimum Gasteiger partial charge on any atom is -0.508 e. The molecule has 0 saturated heterocycles. The summed E-state index contributed by atoms with van der Waals surface area (Å²) >= 11 is 0. The lowest BCUT2D eigenvalue weighted by Gasteiger charge is -2.23. The molecule has 0 amide bonds. The van der Waals surface area contributed by atoms with E-state index in [0.717, 1.165) is 12.1 Å².